The third-order valence-electron chi connectivity index (χ3n) is 3.33. The van der Waals surface area contributed by atoms with Crippen LogP contribution in [0.1, 0.15) is 6.42 Å². The average molecular weight is 383 g/mol. The van der Waals surface area contributed by atoms with E-state index < -0.39 is 25.8 Å². The van der Waals surface area contributed by atoms with E-state index in [1.807, 2.05) is 0 Å². The zero-order chi connectivity index (χ0) is 18.5. The number of sulfonamides is 1. The first-order valence-electron chi connectivity index (χ1n) is 7.24. The van der Waals surface area contributed by atoms with Crippen LogP contribution in [-0.4, -0.2) is 36.5 Å². The number of rotatable bonds is 7. The largest absolute Gasteiger partial charge is 0.469 e. The van der Waals surface area contributed by atoms with E-state index >= 15 is 0 Å². The average Bonchev–Trinajstić information content (AvgIpc) is 2.62. The molecule has 0 aromatic heterocycles. The molecule has 1 N–H and O–H groups in total. The Morgan fingerprint density at radius 2 is 1.52 bits per heavy atom. The molecule has 0 bridgehead atoms. The molecule has 2 aromatic carbocycles. The van der Waals surface area contributed by atoms with Crippen LogP contribution in [0.25, 0.3) is 0 Å². The molecular weight excluding hydrogens is 366 g/mol. The Kier molecular flexibility index (Phi) is 5.93. The predicted molar refractivity (Wildman–Crippen MR) is 90.2 cm³/mol. The van der Waals surface area contributed by atoms with Gasteiger partial charge in [-0.3, -0.25) is 4.79 Å². The molecule has 0 atom stereocenters. The van der Waals surface area contributed by atoms with Gasteiger partial charge in [-0.25, -0.2) is 21.6 Å². The third kappa shape index (κ3) is 4.65. The maximum absolute atomic E-state index is 12.6. The van der Waals surface area contributed by atoms with Gasteiger partial charge in [-0.2, -0.15) is 0 Å². The van der Waals surface area contributed by atoms with Gasteiger partial charge in [0.2, 0.25) is 19.9 Å². The molecular formula is C16H17NO6S2. The van der Waals surface area contributed by atoms with Gasteiger partial charge in [0, 0.05) is 6.54 Å². The number of hydrogen-bond acceptors (Lipinski definition) is 6. The monoisotopic (exact) mass is 383 g/mol. The summed E-state index contributed by atoms with van der Waals surface area (Å²) in [5.74, 6) is -0.553. The lowest BCUT2D eigenvalue weighted by molar-refractivity contribution is -0.140. The second kappa shape index (κ2) is 7.77. The maximum Gasteiger partial charge on any atom is 0.306 e. The quantitative estimate of drug-likeness (QED) is 0.724. The van der Waals surface area contributed by atoms with Crippen molar-refractivity contribution in [3.05, 3.63) is 54.6 Å². The summed E-state index contributed by atoms with van der Waals surface area (Å²) in [7, 11) is -6.57. The maximum atomic E-state index is 12.6. The molecule has 2 aromatic rings. The van der Waals surface area contributed by atoms with E-state index in [4.69, 9.17) is 0 Å². The van der Waals surface area contributed by atoms with Crippen LogP contribution >= 0.6 is 0 Å². The van der Waals surface area contributed by atoms with Gasteiger partial charge in [-0.15, -0.1) is 0 Å². The van der Waals surface area contributed by atoms with Gasteiger partial charge in [-0.05, 0) is 30.3 Å². The summed E-state index contributed by atoms with van der Waals surface area (Å²) in [5.41, 5.74) is 0. The molecule has 0 fully saturated rings. The van der Waals surface area contributed by atoms with Crippen LogP contribution in [0.3, 0.4) is 0 Å². The second-order valence-electron chi connectivity index (χ2n) is 5.02. The van der Waals surface area contributed by atoms with Crippen molar-refractivity contribution < 1.29 is 26.4 Å². The Balaban J connectivity index is 2.28. The van der Waals surface area contributed by atoms with Gasteiger partial charge in [0.25, 0.3) is 0 Å². The lowest BCUT2D eigenvalue weighted by Gasteiger charge is -2.09. The van der Waals surface area contributed by atoms with Crippen LogP contribution < -0.4 is 4.72 Å². The Hall–Kier alpha value is -2.23. The molecule has 7 nitrogen and oxygen atoms in total. The van der Waals surface area contributed by atoms with Crippen LogP contribution in [0.15, 0.2) is 69.3 Å². The molecule has 0 amide bonds. The van der Waals surface area contributed by atoms with Crippen molar-refractivity contribution in [2.45, 2.75) is 21.1 Å². The Bertz CT molecular complexity index is 953. The van der Waals surface area contributed by atoms with Crippen LogP contribution in [-0.2, 0) is 29.4 Å². The molecule has 25 heavy (non-hydrogen) atoms. The van der Waals surface area contributed by atoms with Crippen molar-refractivity contribution in [3.8, 4) is 0 Å². The number of benzene rings is 2. The number of sulfone groups is 1. The van der Waals surface area contributed by atoms with E-state index in [-0.39, 0.29) is 27.7 Å². The topological polar surface area (TPSA) is 107 Å². The van der Waals surface area contributed by atoms with Crippen LogP contribution in [0.5, 0.6) is 0 Å². The molecule has 0 radical (unpaired) electrons. The minimum atomic E-state index is -3.95. The van der Waals surface area contributed by atoms with Gasteiger partial charge in [0.15, 0.2) is 0 Å². The van der Waals surface area contributed by atoms with E-state index in [2.05, 4.69) is 9.46 Å². The van der Waals surface area contributed by atoms with Crippen molar-refractivity contribution in [3.63, 3.8) is 0 Å². The van der Waals surface area contributed by atoms with Gasteiger partial charge in [-0.1, -0.05) is 24.3 Å². The van der Waals surface area contributed by atoms with E-state index in [0.29, 0.717) is 0 Å². The first-order valence-corrected chi connectivity index (χ1v) is 10.2. The highest BCUT2D eigenvalue weighted by Crippen LogP contribution is 2.22. The second-order valence-corrected chi connectivity index (χ2v) is 8.73. The molecule has 9 heteroatoms. The van der Waals surface area contributed by atoms with Crippen LogP contribution in [0.2, 0.25) is 0 Å². The number of ether oxygens (including phenoxy) is 1. The lowest BCUT2D eigenvalue weighted by Crippen LogP contribution is -2.26. The molecule has 0 heterocycles. The molecule has 134 valence electrons. The highest BCUT2D eigenvalue weighted by atomic mass is 32.2. The molecule has 0 saturated heterocycles. The first-order chi connectivity index (χ1) is 11.8. The summed E-state index contributed by atoms with van der Waals surface area (Å²) in [6.45, 7) is -0.148. The van der Waals surface area contributed by atoms with Crippen molar-refractivity contribution in [2.75, 3.05) is 13.7 Å². The fourth-order valence-electron chi connectivity index (χ4n) is 2.02. The zero-order valence-electron chi connectivity index (χ0n) is 13.4. The molecule has 2 rings (SSSR count). The lowest BCUT2D eigenvalue weighted by atomic mass is 10.4. The number of methoxy groups -OCH3 is 1. The summed E-state index contributed by atoms with van der Waals surface area (Å²) in [6.07, 6.45) is -0.127. The summed E-state index contributed by atoms with van der Waals surface area (Å²) in [6, 6.07) is 12.8. The van der Waals surface area contributed by atoms with Crippen LogP contribution in [0.4, 0.5) is 0 Å². The smallest absolute Gasteiger partial charge is 0.306 e. The SMILES string of the molecule is COC(=O)CCNS(=O)(=O)c1cccc(S(=O)(=O)c2ccccc2)c1. The highest BCUT2D eigenvalue weighted by Gasteiger charge is 2.21. The normalized spacial score (nSPS) is 11.9. The van der Waals surface area contributed by atoms with E-state index in [0.717, 1.165) is 6.07 Å². The molecule has 0 aliphatic carbocycles. The summed E-state index contributed by atoms with van der Waals surface area (Å²) >= 11 is 0. The molecule has 0 unspecified atom stereocenters. The molecule has 0 aliphatic rings. The number of carbonyl (C=O) groups is 1. The van der Waals surface area contributed by atoms with E-state index in [9.17, 15) is 21.6 Å². The van der Waals surface area contributed by atoms with Gasteiger partial charge >= 0.3 is 5.97 Å². The highest BCUT2D eigenvalue weighted by molar-refractivity contribution is 7.91. The Morgan fingerprint density at radius 1 is 0.920 bits per heavy atom. The number of nitrogens with one attached hydrogen (secondary N) is 1. The molecule has 0 aliphatic heterocycles. The van der Waals surface area contributed by atoms with E-state index in [1.165, 1.54) is 37.4 Å². The fourth-order valence-corrected chi connectivity index (χ4v) is 4.50. The summed E-state index contributed by atoms with van der Waals surface area (Å²) in [5, 5.41) is 0. The summed E-state index contributed by atoms with van der Waals surface area (Å²) < 4.78 is 56.3. The molecule has 0 saturated carbocycles. The van der Waals surface area contributed by atoms with E-state index in [1.54, 1.807) is 18.2 Å². The Labute approximate surface area is 146 Å². The third-order valence-corrected chi connectivity index (χ3v) is 6.55. The van der Waals surface area contributed by atoms with Gasteiger partial charge in [0.1, 0.15) is 0 Å². The predicted octanol–water partition coefficient (Wildman–Crippen LogP) is 1.36. The number of carbonyl (C=O) groups excluding carboxylic acids is 1. The number of esters is 1. The molecule has 0 spiro atoms. The minimum absolute atomic E-state index is 0.0724. The minimum Gasteiger partial charge on any atom is -0.469 e. The van der Waals surface area contributed by atoms with Gasteiger partial charge < -0.3 is 4.74 Å². The summed E-state index contributed by atoms with van der Waals surface area (Å²) in [4.78, 5) is 10.8. The fraction of sp³-hybridized carbons (Fsp3) is 0.188. The zero-order valence-corrected chi connectivity index (χ0v) is 15.0. The Morgan fingerprint density at radius 3 is 2.16 bits per heavy atom. The van der Waals surface area contributed by atoms with Crippen molar-refractivity contribution in [1.29, 1.82) is 0 Å². The van der Waals surface area contributed by atoms with Crippen molar-refractivity contribution in [2.24, 2.45) is 0 Å². The van der Waals surface area contributed by atoms with Gasteiger partial charge in [0.05, 0.1) is 28.2 Å². The standard InChI is InChI=1S/C16H17NO6S2/c1-23-16(18)10-11-17-25(21,22)15-9-5-8-14(12-15)24(19,20)13-6-3-2-4-7-13/h2-9,12,17H,10-11H2,1H3. The number of hydrogen-bond donors (Lipinski definition) is 1. The van der Waals surface area contributed by atoms with Crippen molar-refractivity contribution >= 4 is 25.8 Å². The van der Waals surface area contributed by atoms with Crippen LogP contribution in [0, 0.1) is 0 Å². The van der Waals surface area contributed by atoms with Crippen molar-refractivity contribution in [1.82, 2.24) is 4.72 Å². The first kappa shape index (κ1) is 19.1.